The highest BCUT2D eigenvalue weighted by Crippen LogP contribution is 2.19. The number of hydrogen-bond acceptors (Lipinski definition) is 6. The number of hydrogen-bond donors (Lipinski definition) is 2. The summed E-state index contributed by atoms with van der Waals surface area (Å²) in [4.78, 5) is 45.1. The Morgan fingerprint density at radius 3 is 2.62 bits per heavy atom. The summed E-state index contributed by atoms with van der Waals surface area (Å²) in [6, 6.07) is 5.33. The maximum Gasteiger partial charge on any atom is 0.331 e. The molecule has 1 saturated carbocycles. The first-order chi connectivity index (χ1) is 12.5. The Hall–Kier alpha value is -3.23. The molecule has 9 heteroatoms. The van der Waals surface area contributed by atoms with E-state index in [-0.39, 0.29) is 17.3 Å². The number of ether oxygens (including phenoxy) is 1. The van der Waals surface area contributed by atoms with Crippen LogP contribution in [0.2, 0.25) is 0 Å². The Labute approximate surface area is 149 Å². The van der Waals surface area contributed by atoms with Crippen LogP contribution in [0.1, 0.15) is 31.2 Å². The van der Waals surface area contributed by atoms with E-state index < -0.39 is 29.4 Å². The highest BCUT2D eigenvalue weighted by molar-refractivity contribution is 5.96. The third kappa shape index (κ3) is 6.00. The summed E-state index contributed by atoms with van der Waals surface area (Å²) in [6.07, 6.45) is 6.06. The van der Waals surface area contributed by atoms with Crippen molar-refractivity contribution in [3.8, 4) is 0 Å². The number of nitrogens with one attached hydrogen (secondary N) is 2. The molecule has 0 heterocycles. The quantitative estimate of drug-likeness (QED) is 0.345. The van der Waals surface area contributed by atoms with Crippen molar-refractivity contribution in [1.82, 2.24) is 10.6 Å². The normalized spacial score (nSPS) is 14.2. The number of nitro groups is 1. The zero-order valence-electron chi connectivity index (χ0n) is 14.0. The second-order valence-electron chi connectivity index (χ2n) is 5.76. The van der Waals surface area contributed by atoms with E-state index in [1.807, 2.05) is 0 Å². The summed E-state index contributed by atoms with van der Waals surface area (Å²) in [5.41, 5.74) is 0.0766. The fourth-order valence-corrected chi connectivity index (χ4v) is 2.59. The lowest BCUT2D eigenvalue weighted by atomic mass is 10.1. The van der Waals surface area contributed by atoms with Crippen molar-refractivity contribution < 1.29 is 24.0 Å². The van der Waals surface area contributed by atoms with Crippen LogP contribution in [0.15, 0.2) is 30.3 Å². The largest absolute Gasteiger partial charge is 0.452 e. The van der Waals surface area contributed by atoms with E-state index in [9.17, 15) is 24.5 Å². The van der Waals surface area contributed by atoms with Crippen LogP contribution in [0.3, 0.4) is 0 Å². The standard InChI is InChI=1S/C17H19N3O6/c21-15(19-17(23)18-13-6-2-3-7-13)11-26-16(22)10-9-12-5-1-4-8-14(12)20(24)25/h1,4-5,8-10,13H,2-3,6-7,11H2,(H2,18,19,21,23)/b10-9+. The second kappa shape index (κ2) is 9.30. The minimum absolute atomic E-state index is 0.0648. The van der Waals surface area contributed by atoms with Crippen molar-refractivity contribution in [2.45, 2.75) is 31.7 Å². The maximum absolute atomic E-state index is 11.6. The van der Waals surface area contributed by atoms with Gasteiger partial charge in [-0.1, -0.05) is 25.0 Å². The molecule has 1 fully saturated rings. The zero-order valence-corrected chi connectivity index (χ0v) is 14.0. The van der Waals surface area contributed by atoms with Gasteiger partial charge in [0.05, 0.1) is 10.5 Å². The van der Waals surface area contributed by atoms with Crippen molar-refractivity contribution >= 4 is 29.7 Å². The molecule has 0 bridgehead atoms. The van der Waals surface area contributed by atoms with Crippen molar-refractivity contribution in [3.05, 3.63) is 46.0 Å². The van der Waals surface area contributed by atoms with Gasteiger partial charge in [-0.3, -0.25) is 20.2 Å². The Balaban J connectivity index is 1.76. The molecule has 0 radical (unpaired) electrons. The molecule has 2 N–H and O–H groups in total. The smallest absolute Gasteiger partial charge is 0.331 e. The molecule has 1 aliphatic carbocycles. The number of benzene rings is 1. The average Bonchev–Trinajstić information content (AvgIpc) is 3.11. The number of carbonyl (C=O) groups excluding carboxylic acids is 3. The van der Waals surface area contributed by atoms with Gasteiger partial charge in [-0.15, -0.1) is 0 Å². The summed E-state index contributed by atoms with van der Waals surface area (Å²) in [6.45, 7) is -0.627. The van der Waals surface area contributed by atoms with Crippen LogP contribution in [0, 0.1) is 10.1 Å². The molecular weight excluding hydrogens is 342 g/mol. The van der Waals surface area contributed by atoms with Crippen molar-refractivity contribution in [3.63, 3.8) is 0 Å². The van der Waals surface area contributed by atoms with Gasteiger partial charge in [0.25, 0.3) is 11.6 Å². The van der Waals surface area contributed by atoms with Gasteiger partial charge in [0.2, 0.25) is 0 Å². The second-order valence-corrected chi connectivity index (χ2v) is 5.76. The van der Waals surface area contributed by atoms with Crippen molar-refractivity contribution in [1.29, 1.82) is 0 Å². The average molecular weight is 361 g/mol. The number of esters is 1. The lowest BCUT2D eigenvalue weighted by Gasteiger charge is -2.12. The van der Waals surface area contributed by atoms with Gasteiger partial charge in [0.15, 0.2) is 6.61 Å². The first-order valence-corrected chi connectivity index (χ1v) is 8.14. The van der Waals surface area contributed by atoms with E-state index in [0.717, 1.165) is 31.8 Å². The first-order valence-electron chi connectivity index (χ1n) is 8.14. The van der Waals surface area contributed by atoms with Crippen LogP contribution in [-0.4, -0.2) is 35.5 Å². The van der Waals surface area contributed by atoms with E-state index >= 15 is 0 Å². The molecule has 0 saturated heterocycles. The van der Waals surface area contributed by atoms with Crippen molar-refractivity contribution in [2.75, 3.05) is 6.61 Å². The number of urea groups is 1. The van der Waals surface area contributed by atoms with Gasteiger partial charge in [-0.2, -0.15) is 0 Å². The van der Waals surface area contributed by atoms with E-state index in [2.05, 4.69) is 10.6 Å². The van der Waals surface area contributed by atoms with Gasteiger partial charge >= 0.3 is 12.0 Å². The number of para-hydroxylation sites is 1. The number of nitrogens with zero attached hydrogens (tertiary/aromatic N) is 1. The van der Waals surface area contributed by atoms with Gasteiger partial charge in [0.1, 0.15) is 0 Å². The SMILES string of the molecule is O=C(COC(=O)/C=C/c1ccccc1[N+](=O)[O-])NC(=O)NC1CCCC1. The summed E-state index contributed by atoms with van der Waals surface area (Å²) < 4.78 is 4.71. The van der Waals surface area contributed by atoms with E-state index in [1.54, 1.807) is 6.07 Å². The highest BCUT2D eigenvalue weighted by Gasteiger charge is 2.18. The molecule has 9 nitrogen and oxygen atoms in total. The van der Waals surface area contributed by atoms with E-state index in [0.29, 0.717) is 0 Å². The third-order valence-corrected chi connectivity index (χ3v) is 3.82. The Morgan fingerprint density at radius 1 is 1.23 bits per heavy atom. The van der Waals surface area contributed by atoms with Crippen LogP contribution < -0.4 is 10.6 Å². The van der Waals surface area contributed by atoms with Gasteiger partial charge in [-0.25, -0.2) is 9.59 Å². The number of amides is 3. The number of imide groups is 1. The molecule has 138 valence electrons. The monoisotopic (exact) mass is 361 g/mol. The minimum Gasteiger partial charge on any atom is -0.452 e. The highest BCUT2D eigenvalue weighted by atomic mass is 16.6. The summed E-state index contributed by atoms with van der Waals surface area (Å²) in [7, 11) is 0. The minimum atomic E-state index is -0.852. The molecule has 1 aromatic rings. The Morgan fingerprint density at radius 2 is 1.92 bits per heavy atom. The van der Waals surface area contributed by atoms with Gasteiger partial charge < -0.3 is 10.1 Å². The molecule has 1 aromatic carbocycles. The van der Waals surface area contributed by atoms with Crippen LogP contribution in [0.5, 0.6) is 0 Å². The van der Waals surface area contributed by atoms with Crippen molar-refractivity contribution in [2.24, 2.45) is 0 Å². The number of nitro benzene ring substituents is 1. The van der Waals surface area contributed by atoms with Crippen LogP contribution >= 0.6 is 0 Å². The van der Waals surface area contributed by atoms with E-state index in [1.165, 1.54) is 24.3 Å². The maximum atomic E-state index is 11.6. The molecule has 0 aromatic heterocycles. The van der Waals surface area contributed by atoms with E-state index in [4.69, 9.17) is 4.74 Å². The lowest BCUT2D eigenvalue weighted by molar-refractivity contribution is -0.385. The molecule has 0 spiro atoms. The molecule has 2 rings (SSSR count). The first kappa shape index (κ1) is 19.1. The summed E-state index contributed by atoms with van der Waals surface area (Å²) in [5, 5.41) is 15.6. The lowest BCUT2D eigenvalue weighted by Crippen LogP contribution is -2.44. The molecule has 1 aliphatic rings. The molecule has 0 atom stereocenters. The predicted octanol–water partition coefficient (Wildman–Crippen LogP) is 1.92. The molecule has 3 amide bonds. The zero-order chi connectivity index (χ0) is 18.9. The van der Waals surface area contributed by atoms with Crippen LogP contribution in [-0.2, 0) is 14.3 Å². The fourth-order valence-electron chi connectivity index (χ4n) is 2.59. The van der Waals surface area contributed by atoms with Gasteiger partial charge in [-0.05, 0) is 25.0 Å². The Bertz CT molecular complexity index is 725. The molecular formula is C17H19N3O6. The Kier molecular flexibility index (Phi) is 6.84. The third-order valence-electron chi connectivity index (χ3n) is 3.82. The summed E-state index contributed by atoms with van der Waals surface area (Å²) in [5.74, 6) is -1.61. The van der Waals surface area contributed by atoms with Gasteiger partial charge in [0, 0.05) is 18.2 Å². The summed E-state index contributed by atoms with van der Waals surface area (Å²) >= 11 is 0. The fraction of sp³-hybridized carbons (Fsp3) is 0.353. The molecule has 26 heavy (non-hydrogen) atoms. The number of carbonyl (C=O) groups is 3. The predicted molar refractivity (Wildman–Crippen MR) is 92.0 cm³/mol. The topological polar surface area (TPSA) is 128 Å². The van der Waals surface area contributed by atoms with Crippen LogP contribution in [0.4, 0.5) is 10.5 Å². The van der Waals surface area contributed by atoms with Crippen LogP contribution in [0.25, 0.3) is 6.08 Å². The number of rotatable bonds is 6. The molecule has 0 aliphatic heterocycles. The molecule has 0 unspecified atom stereocenters.